The van der Waals surface area contributed by atoms with Crippen molar-refractivity contribution < 1.29 is 4.42 Å². The summed E-state index contributed by atoms with van der Waals surface area (Å²) in [6.07, 6.45) is 1.64. The van der Waals surface area contributed by atoms with Crippen LogP contribution in [0.5, 0.6) is 0 Å². The highest BCUT2D eigenvalue weighted by Crippen LogP contribution is 2.29. The zero-order valence-corrected chi connectivity index (χ0v) is 18.3. The topological polar surface area (TPSA) is 86.7 Å². The van der Waals surface area contributed by atoms with Gasteiger partial charge < -0.3 is 4.42 Å². The largest absolute Gasteiger partial charge is 0.409 e. The van der Waals surface area contributed by atoms with Gasteiger partial charge in [-0.25, -0.2) is 9.67 Å². The number of halogens is 1. The number of pyridine rings is 1. The molecule has 0 saturated carbocycles. The van der Waals surface area contributed by atoms with Gasteiger partial charge in [0.2, 0.25) is 0 Å². The zero-order chi connectivity index (χ0) is 21.9. The fourth-order valence-corrected chi connectivity index (χ4v) is 4.30. The number of hydrogen-bond donors (Lipinski definition) is 0. The Kier molecular flexibility index (Phi) is 5.70. The van der Waals surface area contributed by atoms with Gasteiger partial charge in [-0.1, -0.05) is 78.0 Å². The fraction of sp³-hybridized carbons (Fsp3) is 0.0870. The van der Waals surface area contributed by atoms with Crippen molar-refractivity contribution in [3.8, 4) is 11.6 Å². The van der Waals surface area contributed by atoms with Crippen molar-refractivity contribution in [1.29, 1.82) is 0 Å². The highest BCUT2D eigenvalue weighted by Gasteiger charge is 2.18. The number of hydrogen-bond acceptors (Lipinski definition) is 7. The minimum absolute atomic E-state index is 0.173. The number of nitrogens with zero attached hydrogens (tertiary/aromatic N) is 5. The predicted molar refractivity (Wildman–Crippen MR) is 124 cm³/mol. The van der Waals surface area contributed by atoms with E-state index in [9.17, 15) is 4.79 Å². The van der Waals surface area contributed by atoms with Gasteiger partial charge in [-0.15, -0.1) is 10.2 Å². The average Bonchev–Trinajstić information content (AvgIpc) is 3.30. The van der Waals surface area contributed by atoms with Gasteiger partial charge in [0.15, 0.2) is 5.69 Å². The molecule has 7 nitrogen and oxygen atoms in total. The molecule has 0 bridgehead atoms. The minimum Gasteiger partial charge on any atom is -0.409 e. The lowest BCUT2D eigenvalue weighted by molar-refractivity contribution is 0.462. The van der Waals surface area contributed by atoms with E-state index in [1.54, 1.807) is 12.3 Å². The molecule has 0 fully saturated rings. The molecule has 5 rings (SSSR count). The first-order valence-corrected chi connectivity index (χ1v) is 11.2. The summed E-state index contributed by atoms with van der Waals surface area (Å²) in [5.74, 6) is 0.790. The van der Waals surface area contributed by atoms with E-state index in [1.165, 1.54) is 16.4 Å². The Morgan fingerprint density at radius 3 is 2.53 bits per heavy atom. The van der Waals surface area contributed by atoms with E-state index in [1.807, 2.05) is 60.7 Å². The van der Waals surface area contributed by atoms with Crippen LogP contribution in [0, 0.1) is 0 Å². The first-order valence-electron chi connectivity index (χ1n) is 9.79. The Hall–Kier alpha value is -3.49. The Labute approximate surface area is 192 Å². The molecule has 0 aliphatic rings. The molecule has 0 aliphatic heterocycles. The van der Waals surface area contributed by atoms with E-state index in [-0.39, 0.29) is 11.4 Å². The maximum absolute atomic E-state index is 13.0. The van der Waals surface area contributed by atoms with Gasteiger partial charge in [0.05, 0.1) is 11.9 Å². The third kappa shape index (κ3) is 4.15. The van der Waals surface area contributed by atoms with Crippen molar-refractivity contribution in [3.63, 3.8) is 0 Å². The van der Waals surface area contributed by atoms with Gasteiger partial charge in [-0.3, -0.25) is 4.79 Å². The summed E-state index contributed by atoms with van der Waals surface area (Å²) in [7, 11) is 0. The van der Waals surface area contributed by atoms with Crippen LogP contribution in [0.15, 0.2) is 87.4 Å². The average molecular weight is 462 g/mol. The number of fused-ring (bicyclic) bond motifs is 1. The molecule has 158 valence electrons. The molecule has 0 atom stereocenters. The van der Waals surface area contributed by atoms with Crippen molar-refractivity contribution in [2.24, 2.45) is 0 Å². The van der Waals surface area contributed by atoms with E-state index < -0.39 is 0 Å². The monoisotopic (exact) mass is 461 g/mol. The van der Waals surface area contributed by atoms with E-state index >= 15 is 0 Å². The van der Waals surface area contributed by atoms with Crippen molar-refractivity contribution in [3.05, 3.63) is 99.6 Å². The highest BCUT2D eigenvalue weighted by molar-refractivity contribution is 7.98. The summed E-state index contributed by atoms with van der Waals surface area (Å²) in [4.78, 5) is 17.1. The first kappa shape index (κ1) is 20.4. The van der Waals surface area contributed by atoms with Crippen molar-refractivity contribution >= 4 is 34.1 Å². The molecule has 3 heterocycles. The minimum atomic E-state index is -0.173. The number of rotatable bonds is 6. The number of benzene rings is 2. The maximum Gasteiger partial charge on any atom is 0.277 e. The van der Waals surface area contributed by atoms with Gasteiger partial charge in [0, 0.05) is 17.3 Å². The second-order valence-corrected chi connectivity index (χ2v) is 8.24. The second-order valence-electron chi connectivity index (χ2n) is 6.96. The van der Waals surface area contributed by atoms with Crippen LogP contribution in [0.3, 0.4) is 0 Å². The van der Waals surface area contributed by atoms with Crippen molar-refractivity contribution in [2.75, 3.05) is 0 Å². The van der Waals surface area contributed by atoms with Crippen LogP contribution in [-0.4, -0.2) is 25.0 Å². The van der Waals surface area contributed by atoms with E-state index in [0.29, 0.717) is 39.1 Å². The predicted octanol–water partition coefficient (Wildman–Crippen LogP) is 4.84. The Morgan fingerprint density at radius 1 is 0.938 bits per heavy atom. The van der Waals surface area contributed by atoms with Gasteiger partial charge >= 0.3 is 0 Å². The van der Waals surface area contributed by atoms with E-state index in [0.717, 1.165) is 11.1 Å². The normalized spacial score (nSPS) is 11.2. The van der Waals surface area contributed by atoms with Crippen LogP contribution < -0.4 is 5.56 Å². The number of aromatic nitrogens is 5. The molecule has 0 radical (unpaired) electrons. The second kappa shape index (κ2) is 8.94. The van der Waals surface area contributed by atoms with E-state index in [2.05, 4.69) is 20.3 Å². The van der Waals surface area contributed by atoms with Gasteiger partial charge in [0.25, 0.3) is 16.7 Å². The van der Waals surface area contributed by atoms with Gasteiger partial charge in [-0.2, -0.15) is 5.10 Å². The molecule has 0 aliphatic carbocycles. The van der Waals surface area contributed by atoms with Crippen LogP contribution in [0.1, 0.15) is 11.1 Å². The lowest BCUT2D eigenvalue weighted by Gasteiger charge is -2.09. The standard InChI is InChI=1S/C23H16ClN5O2S/c24-20-16(9-6-12-25-20)14-32-23-27-26-21(31-23)19-17-10-4-5-11-18(17)22(30)29(28-19)13-15-7-2-1-3-8-15/h1-12H,13-14H2. The quantitative estimate of drug-likeness (QED) is 0.264. The SMILES string of the molecule is O=c1c2ccccc2c(-c2nnc(SCc3cccnc3Cl)o2)nn1Cc1ccccc1. The summed E-state index contributed by atoms with van der Waals surface area (Å²) in [6, 6.07) is 20.7. The molecule has 3 aromatic heterocycles. The first-order chi connectivity index (χ1) is 15.7. The smallest absolute Gasteiger partial charge is 0.277 e. The van der Waals surface area contributed by atoms with Crippen molar-refractivity contribution in [2.45, 2.75) is 17.5 Å². The third-order valence-corrected chi connectivity index (χ3v) is 6.05. The molecule has 2 aromatic carbocycles. The van der Waals surface area contributed by atoms with Crippen LogP contribution >= 0.6 is 23.4 Å². The third-order valence-electron chi connectivity index (χ3n) is 4.84. The Bertz CT molecular complexity index is 1450. The van der Waals surface area contributed by atoms with Gasteiger partial charge in [-0.05, 0) is 23.3 Å². The molecule has 32 heavy (non-hydrogen) atoms. The van der Waals surface area contributed by atoms with Crippen LogP contribution in [0.25, 0.3) is 22.4 Å². The van der Waals surface area contributed by atoms with Crippen LogP contribution in [-0.2, 0) is 12.3 Å². The fourth-order valence-electron chi connectivity index (χ4n) is 3.29. The molecule has 0 unspecified atom stereocenters. The molecule has 0 N–H and O–H groups in total. The molecule has 0 amide bonds. The lowest BCUT2D eigenvalue weighted by atomic mass is 10.1. The molecular formula is C23H16ClN5O2S. The number of thioether (sulfide) groups is 1. The summed E-state index contributed by atoms with van der Waals surface area (Å²) in [5.41, 5.74) is 2.14. The highest BCUT2D eigenvalue weighted by atomic mass is 35.5. The molecule has 0 spiro atoms. The molecular weight excluding hydrogens is 446 g/mol. The Balaban J connectivity index is 1.50. The van der Waals surface area contributed by atoms with Crippen molar-refractivity contribution in [1.82, 2.24) is 25.0 Å². The Morgan fingerprint density at radius 2 is 1.72 bits per heavy atom. The summed E-state index contributed by atoms with van der Waals surface area (Å²) >= 11 is 7.48. The molecule has 9 heteroatoms. The molecule has 5 aromatic rings. The van der Waals surface area contributed by atoms with Crippen LogP contribution in [0.2, 0.25) is 5.15 Å². The lowest BCUT2D eigenvalue weighted by Crippen LogP contribution is -2.24. The summed E-state index contributed by atoms with van der Waals surface area (Å²) in [6.45, 7) is 0.340. The maximum atomic E-state index is 13.0. The van der Waals surface area contributed by atoms with E-state index in [4.69, 9.17) is 16.0 Å². The summed E-state index contributed by atoms with van der Waals surface area (Å²) in [5, 5.41) is 14.9. The molecule has 0 saturated heterocycles. The van der Waals surface area contributed by atoms with Gasteiger partial charge in [0.1, 0.15) is 5.15 Å². The summed E-state index contributed by atoms with van der Waals surface area (Å²) < 4.78 is 7.31. The van der Waals surface area contributed by atoms with Crippen LogP contribution in [0.4, 0.5) is 0 Å². The zero-order valence-electron chi connectivity index (χ0n) is 16.7.